The van der Waals surface area contributed by atoms with E-state index >= 15 is 0 Å². The van der Waals surface area contributed by atoms with E-state index in [-0.39, 0.29) is 12.0 Å². The molecule has 7 heteroatoms. The quantitative estimate of drug-likeness (QED) is 0.880. The van der Waals surface area contributed by atoms with E-state index in [1.807, 2.05) is 6.92 Å². The summed E-state index contributed by atoms with van der Waals surface area (Å²) < 4.78 is 53.5. The molecule has 1 atom stereocenters. The van der Waals surface area contributed by atoms with Crippen molar-refractivity contribution in [1.82, 2.24) is 9.55 Å². The van der Waals surface area contributed by atoms with Crippen LogP contribution in [0.3, 0.4) is 0 Å². The Morgan fingerprint density at radius 2 is 2.05 bits per heavy atom. The number of alkyl halides is 3. The van der Waals surface area contributed by atoms with Crippen LogP contribution in [0, 0.1) is 5.82 Å². The molecular weight excluding hydrogens is 288 g/mol. The third kappa shape index (κ3) is 3.41. The van der Waals surface area contributed by atoms with Gasteiger partial charge in [0.25, 0.3) is 0 Å². The second kappa shape index (κ2) is 5.85. The highest BCUT2D eigenvalue weighted by atomic mass is 19.4. The highest BCUT2D eigenvalue weighted by Gasteiger charge is 2.35. The van der Waals surface area contributed by atoms with Gasteiger partial charge in [0, 0.05) is 25.4 Å². The van der Waals surface area contributed by atoms with E-state index in [0.29, 0.717) is 18.4 Å². The van der Waals surface area contributed by atoms with Crippen LogP contribution in [0.5, 0.6) is 0 Å². The molecule has 0 spiro atoms. The Balaban J connectivity index is 2.33. The van der Waals surface area contributed by atoms with Gasteiger partial charge in [-0.3, -0.25) is 0 Å². The summed E-state index contributed by atoms with van der Waals surface area (Å²) in [7, 11) is 0. The Hall–Kier alpha value is -1.89. The van der Waals surface area contributed by atoms with Gasteiger partial charge in [0.15, 0.2) is 0 Å². The summed E-state index contributed by atoms with van der Waals surface area (Å²) in [6.07, 6.45) is -3.01. The van der Waals surface area contributed by atoms with Crippen LogP contribution in [0.25, 0.3) is 0 Å². The zero-order chi connectivity index (χ0) is 15.6. The maximum absolute atomic E-state index is 13.0. The van der Waals surface area contributed by atoms with Crippen LogP contribution >= 0.6 is 0 Å². The minimum Gasteiger partial charge on any atom is -0.388 e. The number of halogens is 4. The van der Waals surface area contributed by atoms with Crippen molar-refractivity contribution in [1.29, 1.82) is 0 Å². The highest BCUT2D eigenvalue weighted by molar-refractivity contribution is 5.32. The van der Waals surface area contributed by atoms with Crippen LogP contribution in [0.4, 0.5) is 17.6 Å². The molecule has 0 aliphatic heterocycles. The van der Waals surface area contributed by atoms with Gasteiger partial charge in [-0.15, -0.1) is 0 Å². The topological polar surface area (TPSA) is 38.0 Å². The first-order chi connectivity index (χ1) is 9.82. The minimum absolute atomic E-state index is 0.0739. The van der Waals surface area contributed by atoms with E-state index in [2.05, 4.69) is 4.98 Å². The molecule has 1 N–H and O–H groups in total. The zero-order valence-corrected chi connectivity index (χ0v) is 11.2. The Kier molecular flexibility index (Phi) is 4.32. The molecule has 1 unspecified atom stereocenters. The van der Waals surface area contributed by atoms with Crippen LogP contribution < -0.4 is 0 Å². The summed E-state index contributed by atoms with van der Waals surface area (Å²) in [6, 6.07) is 2.26. The normalized spacial score (nSPS) is 13.4. The molecule has 21 heavy (non-hydrogen) atoms. The lowest BCUT2D eigenvalue weighted by Crippen LogP contribution is -2.15. The standard InChI is InChI=1S/C14H14F4N2O/c1-2-20-6-5-19-13(20)8-12(21)10-4-3-9(15)7-11(10)14(16,17)18/h3-7,12,21H,2,8H2,1H3. The van der Waals surface area contributed by atoms with Gasteiger partial charge in [0.05, 0.1) is 11.7 Å². The summed E-state index contributed by atoms with van der Waals surface area (Å²) >= 11 is 0. The molecule has 0 fully saturated rings. The lowest BCUT2D eigenvalue weighted by molar-refractivity contribution is -0.139. The van der Waals surface area contributed by atoms with E-state index in [1.165, 1.54) is 6.20 Å². The van der Waals surface area contributed by atoms with Gasteiger partial charge >= 0.3 is 6.18 Å². The molecule has 1 aromatic carbocycles. The van der Waals surface area contributed by atoms with Gasteiger partial charge in [-0.1, -0.05) is 6.07 Å². The first kappa shape index (κ1) is 15.5. The Morgan fingerprint density at radius 3 is 2.67 bits per heavy atom. The van der Waals surface area contributed by atoms with Crippen molar-refractivity contribution >= 4 is 0 Å². The van der Waals surface area contributed by atoms with Gasteiger partial charge < -0.3 is 9.67 Å². The molecule has 0 bridgehead atoms. The van der Waals surface area contributed by atoms with Gasteiger partial charge in [-0.05, 0) is 24.6 Å². The van der Waals surface area contributed by atoms with Crippen LogP contribution in [0.2, 0.25) is 0 Å². The van der Waals surface area contributed by atoms with Crippen LogP contribution in [-0.4, -0.2) is 14.7 Å². The number of aromatic nitrogens is 2. The highest BCUT2D eigenvalue weighted by Crippen LogP contribution is 2.35. The fourth-order valence-corrected chi connectivity index (χ4v) is 2.17. The number of imidazole rings is 1. The summed E-state index contributed by atoms with van der Waals surface area (Å²) in [4.78, 5) is 4.01. The molecule has 0 saturated heterocycles. The Labute approximate surface area is 118 Å². The third-order valence-electron chi connectivity index (χ3n) is 3.20. The SMILES string of the molecule is CCn1ccnc1CC(O)c1ccc(F)cc1C(F)(F)F. The van der Waals surface area contributed by atoms with E-state index in [1.54, 1.807) is 10.8 Å². The molecule has 0 amide bonds. The molecule has 114 valence electrons. The molecular formula is C14H14F4N2O. The van der Waals surface area contributed by atoms with E-state index in [0.717, 1.165) is 12.1 Å². The van der Waals surface area contributed by atoms with Crippen LogP contribution in [0.1, 0.15) is 30.0 Å². The predicted molar refractivity (Wildman–Crippen MR) is 68.0 cm³/mol. The number of hydrogen-bond donors (Lipinski definition) is 1. The van der Waals surface area contributed by atoms with E-state index < -0.39 is 23.7 Å². The van der Waals surface area contributed by atoms with Gasteiger partial charge in [-0.2, -0.15) is 13.2 Å². The fraction of sp³-hybridized carbons (Fsp3) is 0.357. The summed E-state index contributed by atoms with van der Waals surface area (Å²) in [5.74, 6) is -0.518. The summed E-state index contributed by atoms with van der Waals surface area (Å²) in [6.45, 7) is 2.45. The number of benzene rings is 1. The summed E-state index contributed by atoms with van der Waals surface area (Å²) in [5.41, 5.74) is -1.51. The third-order valence-corrected chi connectivity index (χ3v) is 3.20. The molecule has 0 aliphatic carbocycles. The molecule has 0 saturated carbocycles. The number of aliphatic hydroxyl groups excluding tert-OH is 1. The fourth-order valence-electron chi connectivity index (χ4n) is 2.17. The average molecular weight is 302 g/mol. The van der Waals surface area contributed by atoms with Crippen LogP contribution in [0.15, 0.2) is 30.6 Å². The summed E-state index contributed by atoms with van der Waals surface area (Å²) in [5, 5.41) is 10.1. The Morgan fingerprint density at radius 1 is 1.33 bits per heavy atom. The number of nitrogens with zero attached hydrogens (tertiary/aromatic N) is 2. The van der Waals surface area contributed by atoms with E-state index in [4.69, 9.17) is 0 Å². The van der Waals surface area contributed by atoms with Crippen molar-refractivity contribution in [3.63, 3.8) is 0 Å². The van der Waals surface area contributed by atoms with E-state index in [9.17, 15) is 22.7 Å². The van der Waals surface area contributed by atoms with Crippen molar-refractivity contribution in [2.45, 2.75) is 32.2 Å². The lowest BCUT2D eigenvalue weighted by atomic mass is 9.99. The molecule has 0 aliphatic rings. The minimum atomic E-state index is -4.72. The number of aliphatic hydroxyl groups is 1. The monoisotopic (exact) mass is 302 g/mol. The van der Waals surface area contributed by atoms with Crippen LogP contribution in [-0.2, 0) is 19.1 Å². The van der Waals surface area contributed by atoms with Gasteiger partial charge in [-0.25, -0.2) is 9.37 Å². The second-order valence-electron chi connectivity index (χ2n) is 4.58. The van der Waals surface area contributed by atoms with Gasteiger partial charge in [0.2, 0.25) is 0 Å². The molecule has 1 heterocycles. The molecule has 1 aromatic heterocycles. The zero-order valence-electron chi connectivity index (χ0n) is 11.2. The largest absolute Gasteiger partial charge is 0.416 e. The number of rotatable bonds is 4. The van der Waals surface area contributed by atoms with Crippen molar-refractivity contribution in [3.05, 3.63) is 53.4 Å². The first-order valence-electron chi connectivity index (χ1n) is 6.37. The number of aryl methyl sites for hydroxylation is 1. The van der Waals surface area contributed by atoms with Crippen molar-refractivity contribution in [3.8, 4) is 0 Å². The molecule has 0 radical (unpaired) electrons. The van der Waals surface area contributed by atoms with Gasteiger partial charge in [0.1, 0.15) is 11.6 Å². The maximum Gasteiger partial charge on any atom is 0.416 e. The maximum atomic E-state index is 13.0. The van der Waals surface area contributed by atoms with Crippen molar-refractivity contribution < 1.29 is 22.7 Å². The smallest absolute Gasteiger partial charge is 0.388 e. The lowest BCUT2D eigenvalue weighted by Gasteiger charge is -2.18. The molecule has 2 rings (SSSR count). The molecule has 3 nitrogen and oxygen atoms in total. The average Bonchev–Trinajstić information content (AvgIpc) is 2.84. The predicted octanol–water partition coefficient (Wildman–Crippen LogP) is 3.34. The first-order valence-corrected chi connectivity index (χ1v) is 6.37. The number of hydrogen-bond acceptors (Lipinski definition) is 2. The van der Waals surface area contributed by atoms with Crippen molar-refractivity contribution in [2.24, 2.45) is 0 Å². The Bertz CT molecular complexity index is 622. The van der Waals surface area contributed by atoms with Crippen molar-refractivity contribution in [2.75, 3.05) is 0 Å². The molecule has 2 aromatic rings. The second-order valence-corrected chi connectivity index (χ2v) is 4.58.